The maximum Gasteiger partial charge on any atom is 0.276 e. The number of rotatable bonds is 7. The van der Waals surface area contributed by atoms with Crippen molar-refractivity contribution in [3.8, 4) is 0 Å². The van der Waals surface area contributed by atoms with Gasteiger partial charge in [-0.2, -0.15) is 0 Å². The molecule has 0 aromatic carbocycles. The number of nitrogens with two attached hydrogens (primary N) is 1. The molecule has 2 unspecified atom stereocenters. The molecule has 11 nitrogen and oxygen atoms in total. The van der Waals surface area contributed by atoms with Gasteiger partial charge in [-0.15, -0.1) is 23.1 Å². The average Bonchev–Trinajstić information content (AvgIpc) is 3.08. The van der Waals surface area contributed by atoms with E-state index in [0.717, 1.165) is 11.3 Å². The highest BCUT2D eigenvalue weighted by Crippen LogP contribution is 2.39. The second kappa shape index (κ2) is 8.24. The Bertz CT molecular complexity index is 951. The molecule has 1 saturated heterocycles. The monoisotopic (exact) mass is 454 g/mol. The van der Waals surface area contributed by atoms with Crippen LogP contribution in [0.15, 0.2) is 21.1 Å². The van der Waals surface area contributed by atoms with Gasteiger partial charge in [-0.1, -0.05) is 5.16 Å². The summed E-state index contributed by atoms with van der Waals surface area (Å²) in [4.78, 5) is 47.7. The highest BCUT2D eigenvalue weighted by atomic mass is 32.2. The number of fused-ring (bicyclic) bond motifs is 1. The number of quaternary nitrogens is 1. The Kier molecular flexibility index (Phi) is 6.06. The van der Waals surface area contributed by atoms with E-state index in [2.05, 4.69) is 15.5 Å². The number of thioether (sulfide) groups is 1. The first-order valence-corrected chi connectivity index (χ1v) is 10.7. The SMILES string of the molecule is CON=C(C(=O)NC1C(=O)N2C(C(=O)[O-])=C(C[N+](C)(C)C)SCC12)c1csc(N)n1. The number of nitrogens with zero attached hydrogens (tertiary/aromatic N) is 4. The summed E-state index contributed by atoms with van der Waals surface area (Å²) in [7, 11) is 7.06. The lowest BCUT2D eigenvalue weighted by molar-refractivity contribution is -0.864. The molecule has 162 valence electrons. The number of hydrogen-bond donors (Lipinski definition) is 2. The zero-order valence-electron chi connectivity index (χ0n) is 16.9. The van der Waals surface area contributed by atoms with Crippen molar-refractivity contribution in [2.45, 2.75) is 12.1 Å². The van der Waals surface area contributed by atoms with E-state index in [1.165, 1.54) is 23.8 Å². The molecule has 2 atom stereocenters. The molecule has 1 fully saturated rings. The Morgan fingerprint density at radius 3 is 2.70 bits per heavy atom. The molecule has 3 N–H and O–H groups in total. The van der Waals surface area contributed by atoms with Gasteiger partial charge in [-0.25, -0.2) is 4.98 Å². The highest BCUT2D eigenvalue weighted by Gasteiger charge is 2.53. The molecule has 1 aromatic rings. The van der Waals surface area contributed by atoms with Crippen molar-refractivity contribution in [1.29, 1.82) is 0 Å². The van der Waals surface area contributed by atoms with Crippen molar-refractivity contribution in [2.24, 2.45) is 5.16 Å². The molecule has 1 aromatic heterocycles. The largest absolute Gasteiger partial charge is 0.543 e. The van der Waals surface area contributed by atoms with Crippen LogP contribution in [0, 0.1) is 0 Å². The van der Waals surface area contributed by atoms with Crippen LogP contribution in [0.1, 0.15) is 5.69 Å². The molecule has 3 heterocycles. The number of carboxylic acid groups (broad SMARTS) is 1. The van der Waals surface area contributed by atoms with Crippen molar-refractivity contribution in [3.05, 3.63) is 21.7 Å². The normalized spacial score (nSPS) is 21.8. The zero-order valence-corrected chi connectivity index (χ0v) is 18.5. The standard InChI is InChI=1S/C17H22N6O5S2/c1-23(2,3)5-10-13(16(26)27)22-9(7-29-10)12(15(22)25)20-14(24)11(21-28-4)8-6-30-17(18)19-8/h6,9,12H,5,7H2,1-4H3,(H3-,18,19,20,24,26,27). The predicted octanol–water partition coefficient (Wildman–Crippen LogP) is -1.81. The lowest BCUT2D eigenvalue weighted by atomic mass is 9.94. The average molecular weight is 455 g/mol. The van der Waals surface area contributed by atoms with Gasteiger partial charge < -0.3 is 35.2 Å². The van der Waals surface area contributed by atoms with Crippen LogP contribution in [0.25, 0.3) is 0 Å². The molecule has 0 radical (unpaired) electrons. The van der Waals surface area contributed by atoms with Gasteiger partial charge in [-0.3, -0.25) is 9.59 Å². The number of hydrogen-bond acceptors (Lipinski definition) is 10. The molecule has 2 amide bonds. The van der Waals surface area contributed by atoms with Crippen LogP contribution in [0.4, 0.5) is 5.13 Å². The molecular formula is C17H22N6O5S2. The minimum absolute atomic E-state index is 0.124. The molecule has 13 heteroatoms. The summed E-state index contributed by atoms with van der Waals surface area (Å²) in [5.41, 5.74) is 5.58. The van der Waals surface area contributed by atoms with Gasteiger partial charge in [0.2, 0.25) is 0 Å². The van der Waals surface area contributed by atoms with Crippen molar-refractivity contribution in [3.63, 3.8) is 0 Å². The van der Waals surface area contributed by atoms with Crippen LogP contribution in [0.3, 0.4) is 0 Å². The van der Waals surface area contributed by atoms with Gasteiger partial charge in [0.1, 0.15) is 25.4 Å². The summed E-state index contributed by atoms with van der Waals surface area (Å²) in [5.74, 6) is -2.14. The quantitative estimate of drug-likeness (QED) is 0.212. The van der Waals surface area contributed by atoms with Crippen LogP contribution in [-0.4, -0.2) is 90.5 Å². The van der Waals surface area contributed by atoms with Crippen molar-refractivity contribution < 1.29 is 28.8 Å². The first kappa shape index (κ1) is 22.1. The molecule has 0 spiro atoms. The van der Waals surface area contributed by atoms with E-state index < -0.39 is 29.9 Å². The molecule has 3 rings (SSSR count). The Morgan fingerprint density at radius 1 is 1.47 bits per heavy atom. The first-order chi connectivity index (χ1) is 14.0. The van der Waals surface area contributed by atoms with Crippen molar-refractivity contribution >= 4 is 51.7 Å². The van der Waals surface area contributed by atoms with Crippen LogP contribution >= 0.6 is 23.1 Å². The summed E-state index contributed by atoms with van der Waals surface area (Å²) < 4.78 is 0.500. The Balaban J connectivity index is 1.80. The zero-order chi connectivity index (χ0) is 22.2. The molecule has 0 aliphatic carbocycles. The number of nitrogens with one attached hydrogen (secondary N) is 1. The number of anilines is 1. The van der Waals surface area contributed by atoms with Gasteiger partial charge >= 0.3 is 0 Å². The van der Waals surface area contributed by atoms with Gasteiger partial charge in [0, 0.05) is 11.1 Å². The smallest absolute Gasteiger partial charge is 0.276 e. The highest BCUT2D eigenvalue weighted by molar-refractivity contribution is 8.03. The maximum atomic E-state index is 12.7. The minimum atomic E-state index is -1.41. The lowest BCUT2D eigenvalue weighted by Crippen LogP contribution is -2.73. The fourth-order valence-corrected chi connectivity index (χ4v) is 5.26. The summed E-state index contributed by atoms with van der Waals surface area (Å²) in [5, 5.41) is 19.9. The van der Waals surface area contributed by atoms with Crippen molar-refractivity contribution in [1.82, 2.24) is 15.2 Å². The predicted molar refractivity (Wildman–Crippen MR) is 110 cm³/mol. The van der Waals surface area contributed by atoms with E-state index in [1.807, 2.05) is 21.1 Å². The Hall–Kier alpha value is -2.64. The third-order valence-corrected chi connectivity index (χ3v) is 6.27. The summed E-state index contributed by atoms with van der Waals surface area (Å²) in [6.07, 6.45) is 0. The van der Waals surface area contributed by atoms with Crippen LogP contribution in [0.5, 0.6) is 0 Å². The van der Waals surface area contributed by atoms with Gasteiger partial charge in [0.25, 0.3) is 11.8 Å². The van der Waals surface area contributed by atoms with Gasteiger partial charge in [0.05, 0.1) is 43.8 Å². The number of carbonyl (C=O) groups is 3. The number of β-lactam (4-membered cyclic amide) rings is 1. The van der Waals surface area contributed by atoms with Gasteiger partial charge in [0.15, 0.2) is 10.8 Å². The number of carboxylic acids is 1. The van der Waals surface area contributed by atoms with E-state index in [1.54, 1.807) is 5.38 Å². The number of nitrogen functional groups attached to an aromatic ring is 1. The summed E-state index contributed by atoms with van der Waals surface area (Å²) in [6, 6.07) is -1.39. The number of oxime groups is 1. The van der Waals surface area contributed by atoms with Crippen LogP contribution in [0.2, 0.25) is 0 Å². The van der Waals surface area contributed by atoms with Crippen LogP contribution < -0.4 is 16.2 Å². The van der Waals surface area contributed by atoms with Gasteiger partial charge in [-0.05, 0) is 0 Å². The number of amides is 2. The molecule has 2 aliphatic heterocycles. The van der Waals surface area contributed by atoms with Crippen molar-refractivity contribution in [2.75, 3.05) is 46.3 Å². The fourth-order valence-electron chi connectivity index (χ4n) is 3.20. The molecular weight excluding hydrogens is 432 g/mol. The summed E-state index contributed by atoms with van der Waals surface area (Å²) >= 11 is 2.49. The molecule has 0 saturated carbocycles. The van der Waals surface area contributed by atoms with E-state index in [0.29, 0.717) is 21.7 Å². The molecule has 30 heavy (non-hydrogen) atoms. The number of thiazole rings is 1. The van der Waals surface area contributed by atoms with Crippen LogP contribution in [-0.2, 0) is 19.2 Å². The van der Waals surface area contributed by atoms with E-state index in [9.17, 15) is 19.5 Å². The molecule has 0 bridgehead atoms. The first-order valence-electron chi connectivity index (χ1n) is 8.87. The third-order valence-electron chi connectivity index (χ3n) is 4.41. The fraction of sp³-hybridized carbons (Fsp3) is 0.471. The Labute approximate surface area is 181 Å². The maximum absolute atomic E-state index is 12.7. The number of aliphatic carboxylic acids is 1. The second-order valence-electron chi connectivity index (χ2n) is 7.74. The topological polar surface area (TPSA) is 150 Å². The van der Waals surface area contributed by atoms with E-state index in [4.69, 9.17) is 10.6 Å². The lowest BCUT2D eigenvalue weighted by Gasteiger charge is -2.51. The number of likely N-dealkylation sites (N-methyl/N-ethyl adjacent to an activating group) is 1. The van der Waals surface area contributed by atoms with E-state index >= 15 is 0 Å². The number of aromatic nitrogens is 1. The number of carbonyl (C=O) groups excluding carboxylic acids is 3. The minimum Gasteiger partial charge on any atom is -0.543 e. The Morgan fingerprint density at radius 2 is 2.17 bits per heavy atom. The third kappa shape index (κ3) is 4.27. The van der Waals surface area contributed by atoms with E-state index in [-0.39, 0.29) is 22.2 Å². The summed E-state index contributed by atoms with van der Waals surface area (Å²) in [6.45, 7) is 0.442. The second-order valence-corrected chi connectivity index (χ2v) is 9.74. The molecule has 2 aliphatic rings.